The van der Waals surface area contributed by atoms with E-state index in [-0.39, 0.29) is 24.2 Å². The molecule has 0 aliphatic carbocycles. The third-order valence-corrected chi connectivity index (χ3v) is 7.91. The van der Waals surface area contributed by atoms with Crippen molar-refractivity contribution in [1.29, 1.82) is 0 Å². The van der Waals surface area contributed by atoms with E-state index in [0.29, 0.717) is 13.0 Å². The lowest BCUT2D eigenvalue weighted by atomic mass is 10.2. The molecule has 25 heavy (non-hydrogen) atoms. The van der Waals surface area contributed by atoms with Crippen molar-refractivity contribution < 1.29 is 21.6 Å². The summed E-state index contributed by atoms with van der Waals surface area (Å²) in [4.78, 5) is 0. The lowest BCUT2D eigenvalue weighted by molar-refractivity contribution is 0.0880. The van der Waals surface area contributed by atoms with Crippen LogP contribution in [0.3, 0.4) is 0 Å². The van der Waals surface area contributed by atoms with E-state index in [1.165, 1.54) is 9.71 Å². The molecule has 0 saturated carbocycles. The number of ether oxygens (including phenoxy) is 1. The molecule has 0 aromatic heterocycles. The fourth-order valence-electron chi connectivity index (χ4n) is 3.26. The van der Waals surface area contributed by atoms with Crippen molar-refractivity contribution in [3.63, 3.8) is 0 Å². The van der Waals surface area contributed by atoms with Gasteiger partial charge in [0.15, 0.2) is 9.84 Å². The Balaban J connectivity index is 1.82. The second-order valence-corrected chi connectivity index (χ2v) is 10.5. The number of rotatable bonds is 6. The molecule has 0 amide bonds. The average Bonchev–Trinajstić information content (AvgIpc) is 3.21. The lowest BCUT2D eigenvalue weighted by Gasteiger charge is -2.28. The van der Waals surface area contributed by atoms with Crippen LogP contribution in [-0.2, 0) is 24.6 Å². The van der Waals surface area contributed by atoms with Crippen molar-refractivity contribution in [3.8, 4) is 0 Å². The minimum Gasteiger partial charge on any atom is -0.377 e. The van der Waals surface area contributed by atoms with Gasteiger partial charge in [-0.3, -0.25) is 0 Å². The smallest absolute Gasteiger partial charge is 0.236 e. The Morgan fingerprint density at radius 2 is 1.96 bits per heavy atom. The third kappa shape index (κ3) is 4.91. The van der Waals surface area contributed by atoms with E-state index in [2.05, 4.69) is 0 Å². The molecule has 2 atom stereocenters. The van der Waals surface area contributed by atoms with E-state index >= 15 is 0 Å². The van der Waals surface area contributed by atoms with Crippen LogP contribution in [-0.4, -0.2) is 57.9 Å². The molecule has 0 unspecified atom stereocenters. The zero-order valence-electron chi connectivity index (χ0n) is 14.0. The van der Waals surface area contributed by atoms with Gasteiger partial charge in [-0.2, -0.15) is 4.31 Å². The van der Waals surface area contributed by atoms with Crippen molar-refractivity contribution in [2.75, 3.05) is 24.7 Å². The van der Waals surface area contributed by atoms with Crippen LogP contribution < -0.4 is 0 Å². The molecule has 2 aliphatic heterocycles. The maximum absolute atomic E-state index is 12.9. The minimum atomic E-state index is -3.73. The highest BCUT2D eigenvalue weighted by Crippen LogP contribution is 2.25. The molecule has 8 heteroatoms. The van der Waals surface area contributed by atoms with Gasteiger partial charge in [0, 0.05) is 24.6 Å². The highest BCUT2D eigenvalue weighted by molar-refractivity contribution is 7.93. The Morgan fingerprint density at radius 3 is 2.56 bits per heavy atom. The van der Waals surface area contributed by atoms with Gasteiger partial charge in [-0.05, 0) is 30.9 Å². The zero-order chi connectivity index (χ0) is 17.9. The molecule has 0 bridgehead atoms. The number of benzene rings is 1. The number of sulfonamides is 1. The molecule has 2 saturated heterocycles. The Hall–Kier alpha value is -1.22. The molecule has 1 aromatic rings. The van der Waals surface area contributed by atoms with Crippen molar-refractivity contribution in [2.45, 2.75) is 31.4 Å². The van der Waals surface area contributed by atoms with Crippen molar-refractivity contribution in [1.82, 2.24) is 4.31 Å². The fourth-order valence-corrected chi connectivity index (χ4v) is 6.54. The molecule has 0 N–H and O–H groups in total. The van der Waals surface area contributed by atoms with Gasteiger partial charge in [0.05, 0.1) is 17.6 Å². The van der Waals surface area contributed by atoms with Crippen LogP contribution in [0.15, 0.2) is 35.7 Å². The third-order valence-electron chi connectivity index (χ3n) is 4.58. The van der Waals surface area contributed by atoms with E-state index < -0.39 is 25.9 Å². The first kappa shape index (κ1) is 18.6. The van der Waals surface area contributed by atoms with Crippen molar-refractivity contribution in [2.24, 2.45) is 0 Å². The molecule has 6 nitrogen and oxygen atoms in total. The Kier molecular flexibility index (Phi) is 5.62. The topological polar surface area (TPSA) is 80.8 Å². The molecule has 138 valence electrons. The molecular weight excluding hydrogens is 362 g/mol. The SMILES string of the molecule is O=S1(=O)CC[C@H](N(C[C@H]2CCCO2)S(=O)(=O)/C=C\c2ccccc2)C1. The van der Waals surface area contributed by atoms with Crippen LogP contribution >= 0.6 is 0 Å². The average molecular weight is 386 g/mol. The molecule has 3 rings (SSSR count). The largest absolute Gasteiger partial charge is 0.377 e. The fraction of sp³-hybridized carbons (Fsp3) is 0.529. The van der Waals surface area contributed by atoms with Gasteiger partial charge in [0.1, 0.15) is 0 Å². The van der Waals surface area contributed by atoms with Gasteiger partial charge in [-0.15, -0.1) is 0 Å². The van der Waals surface area contributed by atoms with Gasteiger partial charge in [-0.1, -0.05) is 30.3 Å². The number of hydrogen-bond donors (Lipinski definition) is 0. The highest BCUT2D eigenvalue weighted by atomic mass is 32.2. The predicted molar refractivity (Wildman–Crippen MR) is 97.1 cm³/mol. The van der Waals surface area contributed by atoms with Gasteiger partial charge in [0.2, 0.25) is 10.0 Å². The summed E-state index contributed by atoms with van der Waals surface area (Å²) in [7, 11) is -6.91. The van der Waals surface area contributed by atoms with Gasteiger partial charge < -0.3 is 4.74 Å². The van der Waals surface area contributed by atoms with Gasteiger partial charge in [-0.25, -0.2) is 16.8 Å². The highest BCUT2D eigenvalue weighted by Gasteiger charge is 2.38. The maximum atomic E-state index is 12.9. The zero-order valence-corrected chi connectivity index (χ0v) is 15.6. The van der Waals surface area contributed by atoms with E-state index in [1.54, 1.807) is 6.08 Å². The number of sulfone groups is 1. The summed E-state index contributed by atoms with van der Waals surface area (Å²) in [5.41, 5.74) is 0.780. The quantitative estimate of drug-likeness (QED) is 0.744. The van der Waals surface area contributed by atoms with Crippen molar-refractivity contribution in [3.05, 3.63) is 41.3 Å². The van der Waals surface area contributed by atoms with Crippen LogP contribution in [0.5, 0.6) is 0 Å². The first-order valence-electron chi connectivity index (χ1n) is 8.43. The first-order valence-corrected chi connectivity index (χ1v) is 11.8. The molecule has 1 aromatic carbocycles. The molecule has 2 aliphatic rings. The number of hydrogen-bond acceptors (Lipinski definition) is 5. The molecule has 2 heterocycles. The van der Waals surface area contributed by atoms with E-state index in [4.69, 9.17) is 4.74 Å². The van der Waals surface area contributed by atoms with E-state index in [0.717, 1.165) is 18.4 Å². The minimum absolute atomic E-state index is 0.0393. The Labute approximate surface area is 149 Å². The summed E-state index contributed by atoms with van der Waals surface area (Å²) in [5, 5.41) is 1.17. The second kappa shape index (κ2) is 7.57. The molecule has 0 spiro atoms. The van der Waals surface area contributed by atoms with Gasteiger partial charge in [0.25, 0.3) is 0 Å². The van der Waals surface area contributed by atoms with E-state index in [9.17, 15) is 16.8 Å². The standard InChI is InChI=1S/C17H23NO5S2/c19-24(20)11-9-16(14-24)18(13-17-7-4-10-23-17)25(21,22)12-8-15-5-2-1-3-6-15/h1-3,5-6,8,12,16-17H,4,7,9-11,13-14H2/b12-8-/t16-,17+/m0/s1. The maximum Gasteiger partial charge on any atom is 0.236 e. The van der Waals surface area contributed by atoms with Crippen LogP contribution in [0.2, 0.25) is 0 Å². The monoisotopic (exact) mass is 385 g/mol. The van der Waals surface area contributed by atoms with Crippen LogP contribution in [0.4, 0.5) is 0 Å². The summed E-state index contributed by atoms with van der Waals surface area (Å²) in [6, 6.07) is 8.64. The second-order valence-electron chi connectivity index (χ2n) is 6.52. The van der Waals surface area contributed by atoms with Crippen molar-refractivity contribution >= 4 is 25.9 Å². The lowest BCUT2D eigenvalue weighted by Crippen LogP contribution is -2.44. The summed E-state index contributed by atoms with van der Waals surface area (Å²) in [6.07, 6.45) is 3.42. The summed E-state index contributed by atoms with van der Waals surface area (Å²) >= 11 is 0. The van der Waals surface area contributed by atoms with Crippen LogP contribution in [0.25, 0.3) is 6.08 Å². The Morgan fingerprint density at radius 1 is 1.20 bits per heavy atom. The molecule has 2 fully saturated rings. The molecular formula is C17H23NO5S2. The van der Waals surface area contributed by atoms with Crippen LogP contribution in [0, 0.1) is 0 Å². The Bertz CT molecular complexity index is 812. The normalized spacial score (nSPS) is 26.6. The predicted octanol–water partition coefficient (Wildman–Crippen LogP) is 1.66. The number of nitrogens with zero attached hydrogens (tertiary/aromatic N) is 1. The summed E-state index contributed by atoms with van der Waals surface area (Å²) in [5.74, 6) is -0.0737. The first-order chi connectivity index (χ1) is 11.9. The molecule has 0 radical (unpaired) electrons. The van der Waals surface area contributed by atoms with E-state index in [1.807, 2.05) is 30.3 Å². The van der Waals surface area contributed by atoms with Gasteiger partial charge >= 0.3 is 0 Å². The summed E-state index contributed by atoms with van der Waals surface area (Å²) < 4.78 is 56.3. The van der Waals surface area contributed by atoms with Crippen LogP contribution in [0.1, 0.15) is 24.8 Å². The summed E-state index contributed by atoms with van der Waals surface area (Å²) in [6.45, 7) is 0.836.